The van der Waals surface area contributed by atoms with Crippen LogP contribution in [0.25, 0.3) is 28.2 Å². The number of carboxylic acid groups (broad SMARTS) is 1. The number of thioether (sulfide) groups is 1. The maximum absolute atomic E-state index is 10.9. The Labute approximate surface area is 250 Å². The van der Waals surface area contributed by atoms with Crippen LogP contribution in [0, 0.1) is 20.8 Å². The molecule has 0 amide bonds. The summed E-state index contributed by atoms with van der Waals surface area (Å²) in [5, 5.41) is 8.94. The molecule has 0 atom stereocenters. The summed E-state index contributed by atoms with van der Waals surface area (Å²) in [6.45, 7) is 7.84. The summed E-state index contributed by atoms with van der Waals surface area (Å²) in [6.07, 6.45) is 4.44. The fourth-order valence-electron chi connectivity index (χ4n) is 4.88. The Balaban J connectivity index is 1.47. The number of hydrogen-bond donors (Lipinski definition) is 1. The van der Waals surface area contributed by atoms with Crippen LogP contribution in [-0.4, -0.2) is 23.4 Å². The second kappa shape index (κ2) is 13.0. The molecule has 0 spiro atoms. The van der Waals surface area contributed by atoms with Crippen molar-refractivity contribution in [1.82, 2.24) is 0 Å². The predicted octanol–water partition coefficient (Wildman–Crippen LogP) is 9.60. The largest absolute Gasteiger partial charge is 0.482 e. The second-order valence-electron chi connectivity index (χ2n) is 10.4. The Hall–Kier alpha value is -4.42. The number of benzene rings is 3. The zero-order valence-electron chi connectivity index (χ0n) is 24.3. The zero-order chi connectivity index (χ0) is 29.6. The van der Waals surface area contributed by atoms with Crippen LogP contribution in [0.15, 0.2) is 111 Å². The van der Waals surface area contributed by atoms with Crippen molar-refractivity contribution >= 4 is 23.3 Å². The SMILES string of the molecule is CCC(CSc1ccc(OCC(=O)O)c(C)c1)=C(c1ccc(-c2cc(C)co2)cc1)c1ccc(-c2cc(C)co2)cc1. The van der Waals surface area contributed by atoms with E-state index in [2.05, 4.69) is 73.7 Å². The minimum absolute atomic E-state index is 0.351. The van der Waals surface area contributed by atoms with Gasteiger partial charge in [-0.2, -0.15) is 0 Å². The van der Waals surface area contributed by atoms with E-state index in [0.717, 1.165) is 67.5 Å². The molecular formula is C36H34O5S. The van der Waals surface area contributed by atoms with Gasteiger partial charge in [0.1, 0.15) is 17.3 Å². The van der Waals surface area contributed by atoms with E-state index in [9.17, 15) is 4.79 Å². The van der Waals surface area contributed by atoms with E-state index < -0.39 is 5.97 Å². The topological polar surface area (TPSA) is 72.8 Å². The summed E-state index contributed by atoms with van der Waals surface area (Å²) >= 11 is 1.76. The third-order valence-corrected chi connectivity index (χ3v) is 8.15. The Kier molecular flexibility index (Phi) is 9.03. The minimum atomic E-state index is -0.988. The highest BCUT2D eigenvalue weighted by molar-refractivity contribution is 7.99. The molecule has 6 heteroatoms. The van der Waals surface area contributed by atoms with Crippen molar-refractivity contribution in [2.45, 2.75) is 39.0 Å². The van der Waals surface area contributed by atoms with Crippen molar-refractivity contribution in [3.63, 3.8) is 0 Å². The van der Waals surface area contributed by atoms with Gasteiger partial charge in [-0.1, -0.05) is 61.0 Å². The molecule has 0 saturated heterocycles. The van der Waals surface area contributed by atoms with E-state index in [1.807, 2.05) is 32.9 Å². The number of furan rings is 2. The molecule has 5 nitrogen and oxygen atoms in total. The lowest BCUT2D eigenvalue weighted by atomic mass is 9.91. The Morgan fingerprint density at radius 1 is 0.786 bits per heavy atom. The van der Waals surface area contributed by atoms with E-state index in [-0.39, 0.29) is 6.61 Å². The smallest absolute Gasteiger partial charge is 0.341 e. The number of ether oxygens (including phenoxy) is 1. The van der Waals surface area contributed by atoms with Crippen molar-refractivity contribution in [2.75, 3.05) is 12.4 Å². The first kappa shape index (κ1) is 29.1. The summed E-state index contributed by atoms with van der Waals surface area (Å²) in [5.74, 6) is 2.13. The van der Waals surface area contributed by atoms with Gasteiger partial charge in [0.05, 0.1) is 12.5 Å². The fourth-order valence-corrected chi connectivity index (χ4v) is 5.99. The summed E-state index contributed by atoms with van der Waals surface area (Å²) in [7, 11) is 0. The van der Waals surface area contributed by atoms with Crippen molar-refractivity contribution in [2.24, 2.45) is 0 Å². The predicted molar refractivity (Wildman–Crippen MR) is 169 cm³/mol. The molecule has 42 heavy (non-hydrogen) atoms. The standard InChI is InChI=1S/C36H34O5S/c1-5-26(22-42-31-14-15-32(25(4)18-31)41-21-35(37)38)36(29-10-6-27(7-11-29)33-16-23(2)19-39-33)30-12-8-28(9-13-30)34-17-24(3)20-40-34/h6-20H,5,21-22H2,1-4H3,(H,37,38). The van der Waals surface area contributed by atoms with Crippen molar-refractivity contribution < 1.29 is 23.5 Å². The van der Waals surface area contributed by atoms with Gasteiger partial charge >= 0.3 is 5.97 Å². The molecular weight excluding hydrogens is 544 g/mol. The number of rotatable bonds is 11. The molecule has 5 rings (SSSR count). The molecule has 0 radical (unpaired) electrons. The van der Waals surface area contributed by atoms with Gasteiger partial charge in [-0.15, -0.1) is 11.8 Å². The number of aliphatic carboxylic acids is 1. The van der Waals surface area contributed by atoms with Crippen LogP contribution in [0.3, 0.4) is 0 Å². The number of hydrogen-bond acceptors (Lipinski definition) is 5. The van der Waals surface area contributed by atoms with Gasteiger partial charge in [0.15, 0.2) is 6.61 Å². The molecule has 214 valence electrons. The quantitative estimate of drug-likeness (QED) is 0.157. The maximum atomic E-state index is 10.9. The third kappa shape index (κ3) is 6.89. The van der Waals surface area contributed by atoms with Crippen LogP contribution in [-0.2, 0) is 4.79 Å². The van der Waals surface area contributed by atoms with Crippen LogP contribution >= 0.6 is 11.8 Å². The van der Waals surface area contributed by atoms with Gasteiger partial charge in [0.2, 0.25) is 0 Å². The number of aryl methyl sites for hydroxylation is 3. The summed E-state index contributed by atoms with van der Waals surface area (Å²) in [6, 6.07) is 27.1. The average molecular weight is 579 g/mol. The van der Waals surface area contributed by atoms with Gasteiger partial charge in [0.25, 0.3) is 0 Å². The monoisotopic (exact) mass is 578 g/mol. The molecule has 0 aliphatic carbocycles. The fraction of sp³-hybridized carbons (Fsp3) is 0.194. The van der Waals surface area contributed by atoms with Crippen LogP contribution in [0.2, 0.25) is 0 Å². The molecule has 2 heterocycles. The highest BCUT2D eigenvalue weighted by Crippen LogP contribution is 2.35. The van der Waals surface area contributed by atoms with Crippen LogP contribution < -0.4 is 4.74 Å². The molecule has 0 bridgehead atoms. The lowest BCUT2D eigenvalue weighted by molar-refractivity contribution is -0.139. The van der Waals surface area contributed by atoms with Gasteiger partial charge < -0.3 is 18.7 Å². The Morgan fingerprint density at radius 3 is 1.76 bits per heavy atom. The van der Waals surface area contributed by atoms with Gasteiger partial charge in [-0.05, 0) is 90.9 Å². The van der Waals surface area contributed by atoms with Gasteiger partial charge in [-0.25, -0.2) is 4.79 Å². The van der Waals surface area contributed by atoms with Gasteiger partial charge in [-0.3, -0.25) is 0 Å². The van der Waals surface area contributed by atoms with Crippen molar-refractivity contribution in [3.8, 4) is 28.4 Å². The summed E-state index contributed by atoms with van der Waals surface area (Å²) in [4.78, 5) is 12.0. The molecule has 0 fully saturated rings. The number of carbonyl (C=O) groups is 1. The van der Waals surface area contributed by atoms with E-state index >= 15 is 0 Å². The molecule has 0 aliphatic rings. The lowest BCUT2D eigenvalue weighted by Gasteiger charge is -2.17. The van der Waals surface area contributed by atoms with Crippen molar-refractivity contribution in [3.05, 3.63) is 125 Å². The molecule has 0 saturated carbocycles. The highest BCUT2D eigenvalue weighted by Gasteiger charge is 2.15. The van der Waals surface area contributed by atoms with E-state index in [1.165, 1.54) is 11.1 Å². The Bertz CT molecular complexity index is 1620. The van der Waals surface area contributed by atoms with Gasteiger partial charge in [0, 0.05) is 21.8 Å². The van der Waals surface area contributed by atoms with Crippen LogP contribution in [0.1, 0.15) is 41.2 Å². The van der Waals surface area contributed by atoms with E-state index in [4.69, 9.17) is 18.7 Å². The van der Waals surface area contributed by atoms with Crippen LogP contribution in [0.4, 0.5) is 0 Å². The zero-order valence-corrected chi connectivity index (χ0v) is 25.1. The highest BCUT2D eigenvalue weighted by atomic mass is 32.2. The first-order chi connectivity index (χ1) is 20.3. The summed E-state index contributed by atoms with van der Waals surface area (Å²) in [5.41, 5.74) is 10.0. The number of carboxylic acids is 1. The normalized spacial score (nSPS) is 11.0. The van der Waals surface area contributed by atoms with E-state index in [1.54, 1.807) is 24.3 Å². The second-order valence-corrected chi connectivity index (χ2v) is 11.4. The summed E-state index contributed by atoms with van der Waals surface area (Å²) < 4.78 is 16.9. The first-order valence-corrected chi connectivity index (χ1v) is 14.9. The first-order valence-electron chi connectivity index (χ1n) is 13.9. The Morgan fingerprint density at radius 2 is 1.33 bits per heavy atom. The van der Waals surface area contributed by atoms with Crippen LogP contribution in [0.5, 0.6) is 5.75 Å². The molecule has 0 aliphatic heterocycles. The molecule has 0 unspecified atom stereocenters. The van der Waals surface area contributed by atoms with E-state index in [0.29, 0.717) is 5.75 Å². The molecule has 5 aromatic rings. The average Bonchev–Trinajstić information content (AvgIpc) is 3.63. The molecule has 1 N–H and O–H groups in total. The third-order valence-electron chi connectivity index (χ3n) is 7.07. The molecule has 2 aromatic heterocycles. The minimum Gasteiger partial charge on any atom is -0.482 e. The molecule has 3 aromatic carbocycles. The lowest BCUT2D eigenvalue weighted by Crippen LogP contribution is -2.10. The maximum Gasteiger partial charge on any atom is 0.341 e. The van der Waals surface area contributed by atoms with Crippen molar-refractivity contribution in [1.29, 1.82) is 0 Å².